The van der Waals surface area contributed by atoms with Crippen LogP contribution in [0.5, 0.6) is 0 Å². The topological polar surface area (TPSA) is 32.8 Å². The standard InChI is InChI=1S/C23H26N2O2/c26-23(20-10-6-18(7-11-20)17-4-2-1-3-5-17)24-12-13-25-21(14-24)15-27-16-22(25)19-8-9-19/h1-7,10-11,19,21-22H,8-9,12-16H2/t21-,22-/m1/s1. The number of hydrogen-bond acceptors (Lipinski definition) is 3. The van der Waals surface area contributed by atoms with Crippen LogP contribution in [0, 0.1) is 5.92 Å². The van der Waals surface area contributed by atoms with Crippen molar-refractivity contribution in [1.82, 2.24) is 9.80 Å². The first kappa shape index (κ1) is 17.0. The highest BCUT2D eigenvalue weighted by Crippen LogP contribution is 2.38. The number of hydrogen-bond donors (Lipinski definition) is 0. The van der Waals surface area contributed by atoms with Crippen LogP contribution in [-0.2, 0) is 4.74 Å². The Bertz CT molecular complexity index is 801. The van der Waals surface area contributed by atoms with Crippen molar-refractivity contribution in [3.63, 3.8) is 0 Å². The van der Waals surface area contributed by atoms with Crippen LogP contribution < -0.4 is 0 Å². The predicted octanol–water partition coefficient (Wildman–Crippen LogP) is 3.29. The van der Waals surface area contributed by atoms with Gasteiger partial charge in [-0.3, -0.25) is 9.69 Å². The Hall–Kier alpha value is -2.17. The van der Waals surface area contributed by atoms with Gasteiger partial charge in [0.1, 0.15) is 0 Å². The zero-order chi connectivity index (χ0) is 18.2. The summed E-state index contributed by atoms with van der Waals surface area (Å²) in [7, 11) is 0. The average Bonchev–Trinajstić information content (AvgIpc) is 3.58. The number of nitrogens with zero attached hydrogens (tertiary/aromatic N) is 2. The largest absolute Gasteiger partial charge is 0.378 e. The molecule has 2 aromatic rings. The highest BCUT2D eigenvalue weighted by atomic mass is 16.5. The van der Waals surface area contributed by atoms with E-state index in [4.69, 9.17) is 4.74 Å². The fourth-order valence-electron chi connectivity index (χ4n) is 4.57. The van der Waals surface area contributed by atoms with Crippen molar-refractivity contribution in [2.45, 2.75) is 24.9 Å². The van der Waals surface area contributed by atoms with Crippen molar-refractivity contribution in [2.75, 3.05) is 32.8 Å². The van der Waals surface area contributed by atoms with E-state index in [9.17, 15) is 4.79 Å². The van der Waals surface area contributed by atoms with Gasteiger partial charge in [0, 0.05) is 31.2 Å². The minimum atomic E-state index is 0.141. The lowest BCUT2D eigenvalue weighted by Crippen LogP contribution is -2.63. The molecule has 0 N–H and O–H groups in total. The molecule has 0 bridgehead atoms. The van der Waals surface area contributed by atoms with E-state index in [2.05, 4.69) is 17.0 Å². The van der Waals surface area contributed by atoms with Crippen LogP contribution in [0.1, 0.15) is 23.2 Å². The molecular weight excluding hydrogens is 336 g/mol. The summed E-state index contributed by atoms with van der Waals surface area (Å²) in [5, 5.41) is 0. The van der Waals surface area contributed by atoms with Gasteiger partial charge in [-0.15, -0.1) is 0 Å². The maximum absolute atomic E-state index is 13.0. The third-order valence-electron chi connectivity index (χ3n) is 6.25. The van der Waals surface area contributed by atoms with Gasteiger partial charge in [0.2, 0.25) is 0 Å². The van der Waals surface area contributed by atoms with Crippen molar-refractivity contribution >= 4 is 5.91 Å². The summed E-state index contributed by atoms with van der Waals surface area (Å²) in [5.74, 6) is 0.961. The Morgan fingerprint density at radius 2 is 1.63 bits per heavy atom. The highest BCUT2D eigenvalue weighted by molar-refractivity contribution is 5.94. The summed E-state index contributed by atoms with van der Waals surface area (Å²) < 4.78 is 5.87. The van der Waals surface area contributed by atoms with E-state index in [0.29, 0.717) is 12.1 Å². The first-order chi connectivity index (χ1) is 13.3. The molecule has 2 aliphatic heterocycles. The van der Waals surface area contributed by atoms with E-state index in [-0.39, 0.29) is 5.91 Å². The van der Waals surface area contributed by atoms with Gasteiger partial charge in [-0.05, 0) is 42.0 Å². The first-order valence-electron chi connectivity index (χ1n) is 10.1. The fourth-order valence-corrected chi connectivity index (χ4v) is 4.57. The Balaban J connectivity index is 1.27. The number of carbonyl (C=O) groups is 1. The number of piperazine rings is 1. The van der Waals surface area contributed by atoms with E-state index < -0.39 is 0 Å². The number of carbonyl (C=O) groups excluding carboxylic acids is 1. The second kappa shape index (κ2) is 7.10. The molecule has 27 heavy (non-hydrogen) atoms. The maximum atomic E-state index is 13.0. The molecule has 2 aromatic carbocycles. The number of morpholine rings is 1. The fraction of sp³-hybridized carbons (Fsp3) is 0.435. The Morgan fingerprint density at radius 1 is 0.889 bits per heavy atom. The highest BCUT2D eigenvalue weighted by Gasteiger charge is 2.43. The molecule has 5 rings (SSSR count). The van der Waals surface area contributed by atoms with Crippen LogP contribution in [0.3, 0.4) is 0 Å². The van der Waals surface area contributed by atoms with Crippen LogP contribution in [0.15, 0.2) is 54.6 Å². The maximum Gasteiger partial charge on any atom is 0.253 e. The number of ether oxygens (including phenoxy) is 1. The van der Waals surface area contributed by atoms with E-state index >= 15 is 0 Å². The molecule has 2 heterocycles. The molecule has 2 atom stereocenters. The molecule has 0 spiro atoms. The molecule has 1 amide bonds. The van der Waals surface area contributed by atoms with Gasteiger partial charge in [0.15, 0.2) is 0 Å². The monoisotopic (exact) mass is 362 g/mol. The molecule has 1 aliphatic carbocycles. The summed E-state index contributed by atoms with van der Waals surface area (Å²) in [6.45, 7) is 4.19. The molecule has 4 nitrogen and oxygen atoms in total. The molecule has 2 saturated heterocycles. The lowest BCUT2D eigenvalue weighted by Gasteiger charge is -2.48. The number of amides is 1. The van der Waals surface area contributed by atoms with Crippen LogP contribution in [-0.4, -0.2) is 60.6 Å². The number of rotatable bonds is 3. The van der Waals surface area contributed by atoms with E-state index in [1.165, 1.54) is 18.4 Å². The quantitative estimate of drug-likeness (QED) is 0.840. The summed E-state index contributed by atoms with van der Waals surface area (Å²) >= 11 is 0. The van der Waals surface area contributed by atoms with E-state index in [0.717, 1.165) is 49.9 Å². The van der Waals surface area contributed by atoms with E-state index in [1.807, 2.05) is 47.4 Å². The molecule has 3 aliphatic rings. The summed E-state index contributed by atoms with van der Waals surface area (Å²) in [4.78, 5) is 17.6. The van der Waals surface area contributed by atoms with Gasteiger partial charge >= 0.3 is 0 Å². The van der Waals surface area contributed by atoms with Gasteiger partial charge in [-0.25, -0.2) is 0 Å². The minimum Gasteiger partial charge on any atom is -0.378 e. The number of fused-ring (bicyclic) bond motifs is 1. The van der Waals surface area contributed by atoms with Crippen molar-refractivity contribution in [3.8, 4) is 11.1 Å². The summed E-state index contributed by atoms with van der Waals surface area (Å²) in [6.07, 6.45) is 2.68. The van der Waals surface area contributed by atoms with Crippen LogP contribution in [0.25, 0.3) is 11.1 Å². The van der Waals surface area contributed by atoms with Crippen molar-refractivity contribution in [2.24, 2.45) is 5.92 Å². The van der Waals surface area contributed by atoms with Crippen LogP contribution in [0.4, 0.5) is 0 Å². The van der Waals surface area contributed by atoms with Crippen molar-refractivity contribution < 1.29 is 9.53 Å². The van der Waals surface area contributed by atoms with Crippen LogP contribution in [0.2, 0.25) is 0 Å². The molecule has 3 fully saturated rings. The van der Waals surface area contributed by atoms with E-state index in [1.54, 1.807) is 0 Å². The molecule has 4 heteroatoms. The van der Waals surface area contributed by atoms with Gasteiger partial charge < -0.3 is 9.64 Å². The van der Waals surface area contributed by atoms with Crippen LogP contribution >= 0.6 is 0 Å². The molecule has 0 unspecified atom stereocenters. The Labute approximate surface area is 160 Å². The SMILES string of the molecule is O=C(c1ccc(-c2ccccc2)cc1)N1CCN2[C@@H](COC[C@@H]2C2CC2)C1. The molecule has 1 saturated carbocycles. The first-order valence-corrected chi connectivity index (χ1v) is 10.1. The van der Waals surface area contributed by atoms with Gasteiger partial charge in [-0.1, -0.05) is 42.5 Å². The van der Waals surface area contributed by atoms with Gasteiger partial charge in [-0.2, -0.15) is 0 Å². The lowest BCUT2D eigenvalue weighted by molar-refractivity contribution is -0.0816. The molecule has 140 valence electrons. The van der Waals surface area contributed by atoms with Crippen molar-refractivity contribution in [3.05, 3.63) is 60.2 Å². The third-order valence-corrected chi connectivity index (χ3v) is 6.25. The minimum absolute atomic E-state index is 0.141. The molecule has 0 radical (unpaired) electrons. The number of benzene rings is 2. The molecule has 0 aromatic heterocycles. The Morgan fingerprint density at radius 3 is 2.37 bits per heavy atom. The second-order valence-electron chi connectivity index (χ2n) is 8.03. The van der Waals surface area contributed by atoms with Gasteiger partial charge in [0.05, 0.1) is 19.3 Å². The zero-order valence-corrected chi connectivity index (χ0v) is 15.6. The third kappa shape index (κ3) is 3.40. The predicted molar refractivity (Wildman–Crippen MR) is 106 cm³/mol. The van der Waals surface area contributed by atoms with Crippen molar-refractivity contribution in [1.29, 1.82) is 0 Å². The normalized spacial score (nSPS) is 25.9. The summed E-state index contributed by atoms with van der Waals surface area (Å²) in [6, 6.07) is 19.2. The smallest absolute Gasteiger partial charge is 0.253 e. The molecular formula is C23H26N2O2. The lowest BCUT2D eigenvalue weighted by atomic mass is 10.0. The van der Waals surface area contributed by atoms with Gasteiger partial charge in [0.25, 0.3) is 5.91 Å². The second-order valence-corrected chi connectivity index (χ2v) is 8.03. The average molecular weight is 362 g/mol. The Kier molecular flexibility index (Phi) is 4.46. The zero-order valence-electron chi connectivity index (χ0n) is 15.6. The summed E-state index contributed by atoms with van der Waals surface area (Å²) in [5.41, 5.74) is 3.10.